The van der Waals surface area contributed by atoms with Crippen LogP contribution in [0.2, 0.25) is 0 Å². The Balaban J connectivity index is -0.000000194. The van der Waals surface area contributed by atoms with Gasteiger partial charge in [-0.15, -0.1) is 0 Å². The second kappa shape index (κ2) is 78.1. The van der Waals surface area contributed by atoms with E-state index < -0.39 is 22.7 Å². The Morgan fingerprint density at radius 1 is 0.362 bits per heavy atom. The number of methoxy groups -OCH3 is 1. The highest BCUT2D eigenvalue weighted by molar-refractivity contribution is 6.00. The van der Waals surface area contributed by atoms with Crippen molar-refractivity contribution in [3.63, 3.8) is 0 Å². The van der Waals surface area contributed by atoms with Crippen molar-refractivity contribution in [1.82, 2.24) is 15.7 Å². The van der Waals surface area contributed by atoms with Crippen LogP contribution in [0.3, 0.4) is 0 Å². The normalized spacial score (nSPS) is 11.9. The number of allylic oxidation sites excluding steroid dienone is 12. The maximum absolute atomic E-state index is 11.6. The van der Waals surface area contributed by atoms with Gasteiger partial charge in [0.1, 0.15) is 47.1 Å². The number of carbonyl (C=O) groups excluding carboxylic acids is 20. The maximum Gasteiger partial charge on any atom is 0.330 e. The van der Waals surface area contributed by atoms with Crippen molar-refractivity contribution >= 4 is 116 Å². The second-order valence-corrected chi connectivity index (χ2v) is 43.3. The van der Waals surface area contributed by atoms with Crippen LogP contribution in [0.15, 0.2) is 109 Å². The van der Waals surface area contributed by atoms with Crippen molar-refractivity contribution in [2.24, 2.45) is 48.7 Å². The fraction of sp³-hybridized carbons (Fsp3) is 0.661. The number of hydrogen-bond donors (Lipinski definition) is 2. The van der Waals surface area contributed by atoms with Crippen molar-refractivity contribution in [3.8, 4) is 0 Å². The van der Waals surface area contributed by atoms with Crippen LogP contribution in [0.5, 0.6) is 0 Å². The lowest BCUT2D eigenvalue weighted by atomic mass is 9.87. The van der Waals surface area contributed by atoms with Gasteiger partial charge >= 0.3 is 5.97 Å². The SMILES string of the molecule is C/C=C(\C)C(=O)CCC(=O)C(C)(C)C.C/C=C/C(=O)CCCC(=O)CC(C)(C)C.C/C=C/C(=O)CCCC(=O)CCC(=O)C(C)(C)C.C/C=C/C(=O)CCCC(=O)NCC(=O)CC(C)(C)C.C/C=C/C(=O)OCC(=O)C(C)(C)C.C=C(CC)C(=O)CCC(=O)C(C)(C)C.C=CC(=O)NOCC(=O)C(C)(C)C.CN(C)C/C=C/C(=O)CCC(=O)C(C)(C)C.COC/C=C(\C)C(=O)CCC(=O)C(C)(C)C. The van der Waals surface area contributed by atoms with Crippen LogP contribution in [0, 0.1) is 48.7 Å². The standard InChI is InChI=1S/C15H25NO3.C15H24O3.C13H23NO2.C13H22O3.C13H22O2.2C12H20O2.C10H16O3.C9H15NO3/c1-5-7-12(17)8-6-9-14(19)16-11-13(18)10-15(2,3)4;1-5-7-12(16)8-6-9-13(17)10-11-14(18)15(2,3)4;1-13(2,3)12(16)9-8-11(15)7-6-10-14(4)5;1-10(8-9-16-5)11(14)6-7-12(15)13(2,3)4;1-5-7-11(14)8-6-9-12(15)10-13(2,3)4;2*1-6-9(2)10(13)7-8-11(14)12(3,4)5;1-5-6-9(12)13-7-8(11)10(2,3)4;1-5-8(12)10-13-6-7(11)9(2,3)4/h5,7H,6,8-11H2,1-4H3,(H,16,19);5,7H,6,8-11H2,1-4H3;6-7H,8-10H2,1-5H3;8H,6-7,9H2,1-5H3;5,7H,6,8-10H2,1-4H3;6H,7-8H2,1-5H3;2,6-8H2,1,3-5H3;5-6H,7H2,1-4H3;5H,1,6H2,2-4H3,(H,10,12)/b2*7-5+;7-6+;10-8+;7-5+;9-6+;;6-5+;. The molecule has 0 saturated heterocycles. The lowest BCUT2D eigenvalue weighted by Gasteiger charge is -2.16. The number of esters is 1. The first-order valence-corrected chi connectivity index (χ1v) is 48.0. The number of likely N-dealkylation sites (N-methyl/N-ethyl adjacent to an activating group) is 1. The lowest BCUT2D eigenvalue weighted by molar-refractivity contribution is -0.145. The van der Waals surface area contributed by atoms with Gasteiger partial charge in [0, 0.05) is 173 Å². The van der Waals surface area contributed by atoms with Crippen LogP contribution in [-0.4, -0.2) is 175 Å². The van der Waals surface area contributed by atoms with Gasteiger partial charge in [0.25, 0.3) is 5.91 Å². The number of hydroxylamine groups is 1. The van der Waals surface area contributed by atoms with Crippen LogP contribution >= 0.6 is 0 Å². The number of Topliss-reactive ketones (excluding diaryl/α,β-unsaturated/α-hetero) is 13. The molecule has 0 aliphatic rings. The molecule has 0 aromatic carbocycles. The summed E-state index contributed by atoms with van der Waals surface area (Å²) in [7, 11) is 5.47. The predicted molar refractivity (Wildman–Crippen MR) is 557 cm³/mol. The van der Waals surface area contributed by atoms with Crippen LogP contribution in [0.1, 0.15) is 384 Å². The minimum Gasteiger partial charge on any atom is -0.455 e. The van der Waals surface area contributed by atoms with Crippen molar-refractivity contribution < 1.29 is 110 Å². The van der Waals surface area contributed by atoms with Crippen molar-refractivity contribution in [2.75, 3.05) is 54.1 Å². The molecule has 788 valence electrons. The quantitative estimate of drug-likeness (QED) is 0.0324. The van der Waals surface area contributed by atoms with Gasteiger partial charge in [0.15, 0.2) is 64.4 Å². The summed E-state index contributed by atoms with van der Waals surface area (Å²) in [6, 6.07) is 0. The van der Waals surface area contributed by atoms with Crippen LogP contribution < -0.4 is 10.8 Å². The van der Waals surface area contributed by atoms with E-state index in [1.165, 1.54) is 18.2 Å². The molecule has 0 aliphatic heterocycles. The maximum atomic E-state index is 11.6. The summed E-state index contributed by atoms with van der Waals surface area (Å²) in [4.78, 5) is 234. The minimum atomic E-state index is -0.472. The molecule has 2 amide bonds. The van der Waals surface area contributed by atoms with Gasteiger partial charge in [-0.2, -0.15) is 0 Å². The first-order chi connectivity index (χ1) is 62.7. The fourth-order valence-electron chi connectivity index (χ4n) is 9.64. The molecule has 0 aromatic heterocycles. The third kappa shape index (κ3) is 99.4. The van der Waals surface area contributed by atoms with E-state index in [0.29, 0.717) is 153 Å². The number of ether oxygens (including phenoxy) is 2. The van der Waals surface area contributed by atoms with Gasteiger partial charge in [-0.25, -0.2) is 10.3 Å². The zero-order chi connectivity index (χ0) is 110. The third-order valence-corrected chi connectivity index (χ3v) is 19.1. The van der Waals surface area contributed by atoms with Gasteiger partial charge in [-0.05, 0) is 146 Å². The number of rotatable bonds is 50. The zero-order valence-electron chi connectivity index (χ0n) is 92.8. The predicted octanol–water partition coefficient (Wildman–Crippen LogP) is 22.0. The molecule has 0 saturated carbocycles. The summed E-state index contributed by atoms with van der Waals surface area (Å²) < 4.78 is 9.54. The smallest absolute Gasteiger partial charge is 0.330 e. The highest BCUT2D eigenvalue weighted by Gasteiger charge is 2.28. The molecule has 0 aliphatic carbocycles. The molecular formula is C112H187N3O23. The summed E-state index contributed by atoms with van der Waals surface area (Å²) in [5, 5.41) is 2.59. The molecule has 0 bridgehead atoms. The number of amides is 2. The topological polar surface area (TPSA) is 396 Å². The molecule has 0 spiro atoms. The van der Waals surface area contributed by atoms with E-state index in [2.05, 4.69) is 49.6 Å². The van der Waals surface area contributed by atoms with Crippen LogP contribution in [0.25, 0.3) is 0 Å². The highest BCUT2D eigenvalue weighted by Crippen LogP contribution is 2.25. The summed E-state index contributed by atoms with van der Waals surface area (Å²) in [6.07, 6.45) is 29.7. The Morgan fingerprint density at radius 3 is 1.02 bits per heavy atom. The summed E-state index contributed by atoms with van der Waals surface area (Å²) >= 11 is 0. The summed E-state index contributed by atoms with van der Waals surface area (Å²) in [5.41, 5.74) is 1.46. The second-order valence-electron chi connectivity index (χ2n) is 43.3. The number of nitrogens with zero attached hydrogens (tertiary/aromatic N) is 1. The van der Waals surface area contributed by atoms with Gasteiger partial charge in [-0.1, -0.05) is 250 Å². The number of nitrogens with one attached hydrogen (secondary N) is 2. The molecule has 0 unspecified atom stereocenters. The minimum absolute atomic E-state index is 0.0186. The molecule has 0 heterocycles. The van der Waals surface area contributed by atoms with Crippen molar-refractivity contribution in [3.05, 3.63) is 109 Å². The number of hydrogen-bond acceptors (Lipinski definition) is 24. The van der Waals surface area contributed by atoms with Gasteiger partial charge in [-0.3, -0.25) is 95.9 Å². The molecule has 0 atom stereocenters. The van der Waals surface area contributed by atoms with E-state index in [1.54, 1.807) is 132 Å². The lowest BCUT2D eigenvalue weighted by Crippen LogP contribution is -2.31. The first kappa shape index (κ1) is 146. The van der Waals surface area contributed by atoms with E-state index in [4.69, 9.17) is 9.47 Å². The Labute approximate surface area is 832 Å². The van der Waals surface area contributed by atoms with E-state index in [0.717, 1.165) is 18.2 Å². The first-order valence-electron chi connectivity index (χ1n) is 48.0. The van der Waals surface area contributed by atoms with Crippen LogP contribution in [0.4, 0.5) is 0 Å². The average Bonchev–Trinajstić information content (AvgIpc) is 0.923. The van der Waals surface area contributed by atoms with Gasteiger partial charge < -0.3 is 19.7 Å². The van der Waals surface area contributed by atoms with E-state index >= 15 is 0 Å². The summed E-state index contributed by atoms with van der Waals surface area (Å²) in [6.45, 7) is 73.1. The molecule has 0 radical (unpaired) electrons. The molecule has 138 heavy (non-hydrogen) atoms. The Hall–Kier alpha value is -9.66. The average molecular weight is 1940 g/mol. The van der Waals surface area contributed by atoms with E-state index in [-0.39, 0.29) is 168 Å². The highest BCUT2D eigenvalue weighted by atomic mass is 16.7. The monoisotopic (exact) mass is 1940 g/mol. The fourth-order valence-corrected chi connectivity index (χ4v) is 9.64. The van der Waals surface area contributed by atoms with E-state index in [1.807, 2.05) is 170 Å². The molecule has 0 aromatic rings. The number of carbonyl (C=O) groups is 20. The van der Waals surface area contributed by atoms with Gasteiger partial charge in [0.05, 0.1) is 13.2 Å². The van der Waals surface area contributed by atoms with E-state index in [9.17, 15) is 95.9 Å². The molecule has 0 fully saturated rings. The molecular weight excluding hydrogens is 1760 g/mol. The molecule has 26 nitrogen and oxygen atoms in total. The van der Waals surface area contributed by atoms with Crippen LogP contribution in [-0.2, 0) is 110 Å². The largest absolute Gasteiger partial charge is 0.455 e. The Bertz CT molecular complexity index is 4060. The van der Waals surface area contributed by atoms with Crippen molar-refractivity contribution in [1.29, 1.82) is 0 Å². The van der Waals surface area contributed by atoms with Gasteiger partial charge in [0.2, 0.25) is 5.91 Å². The molecule has 26 heteroatoms. The zero-order valence-corrected chi connectivity index (χ0v) is 92.8. The Morgan fingerprint density at radius 2 is 0.688 bits per heavy atom. The summed E-state index contributed by atoms with van der Waals surface area (Å²) in [5.74, 6) is 0.107. The Kier molecular flexibility index (Phi) is 82.7. The van der Waals surface area contributed by atoms with Crippen molar-refractivity contribution in [2.45, 2.75) is 384 Å². The molecule has 0 rings (SSSR count). The third-order valence-electron chi connectivity index (χ3n) is 19.1. The number of ketones is 17. The molecule has 2 N–H and O–H groups in total.